The Labute approximate surface area is 194 Å². The molecule has 1 unspecified atom stereocenters. The van der Waals surface area contributed by atoms with E-state index in [2.05, 4.69) is 10.0 Å². The maximum atomic E-state index is 12.4. The van der Waals surface area contributed by atoms with Gasteiger partial charge in [-0.3, -0.25) is 4.79 Å². The molecule has 1 amide bonds. The van der Waals surface area contributed by atoms with E-state index >= 15 is 0 Å². The van der Waals surface area contributed by atoms with E-state index in [0.29, 0.717) is 11.5 Å². The van der Waals surface area contributed by atoms with E-state index in [0.717, 1.165) is 18.4 Å². The fourth-order valence-corrected chi connectivity index (χ4v) is 5.22. The summed E-state index contributed by atoms with van der Waals surface area (Å²) in [4.78, 5) is 12.3. The van der Waals surface area contributed by atoms with Crippen LogP contribution in [-0.2, 0) is 14.8 Å². The molecule has 0 saturated heterocycles. The first kappa shape index (κ1) is 24.4. The highest BCUT2D eigenvalue weighted by molar-refractivity contribution is 7.89. The molecule has 1 fully saturated rings. The van der Waals surface area contributed by atoms with Crippen LogP contribution in [0.5, 0.6) is 11.5 Å². The summed E-state index contributed by atoms with van der Waals surface area (Å²) in [5.74, 6) is 1.06. The highest BCUT2D eigenvalue weighted by Gasteiger charge is 2.20. The minimum absolute atomic E-state index is 0.00592. The zero-order valence-corrected chi connectivity index (χ0v) is 19.8. The summed E-state index contributed by atoms with van der Waals surface area (Å²) < 4.78 is 38.6. The second kappa shape index (κ2) is 11.0. The van der Waals surface area contributed by atoms with Gasteiger partial charge in [0.15, 0.2) is 11.5 Å². The average molecular weight is 481 g/mol. The first-order chi connectivity index (χ1) is 15.3. The van der Waals surface area contributed by atoms with Crippen molar-refractivity contribution in [2.75, 3.05) is 13.7 Å². The van der Waals surface area contributed by atoms with Crippen molar-refractivity contribution in [2.45, 2.75) is 56.1 Å². The largest absolute Gasteiger partial charge is 0.493 e. The van der Waals surface area contributed by atoms with Gasteiger partial charge in [-0.1, -0.05) is 29.8 Å². The van der Waals surface area contributed by atoms with Crippen LogP contribution in [0.4, 0.5) is 0 Å². The van der Waals surface area contributed by atoms with Crippen molar-refractivity contribution in [2.24, 2.45) is 0 Å². The van der Waals surface area contributed by atoms with Crippen LogP contribution in [0.3, 0.4) is 0 Å². The van der Waals surface area contributed by atoms with Crippen molar-refractivity contribution in [1.82, 2.24) is 10.0 Å². The molecule has 0 spiro atoms. The Morgan fingerprint density at radius 1 is 1.16 bits per heavy atom. The van der Waals surface area contributed by atoms with E-state index in [1.165, 1.54) is 25.0 Å². The number of nitrogens with one attached hydrogen (secondary N) is 2. The highest BCUT2D eigenvalue weighted by Crippen LogP contribution is 2.33. The number of benzene rings is 2. The molecule has 32 heavy (non-hydrogen) atoms. The van der Waals surface area contributed by atoms with Gasteiger partial charge < -0.3 is 14.8 Å². The molecule has 174 valence electrons. The number of methoxy groups -OCH3 is 1. The van der Waals surface area contributed by atoms with Crippen molar-refractivity contribution >= 4 is 27.5 Å². The normalized spacial score (nSPS) is 15.3. The number of rotatable bonds is 10. The SMILES string of the molecule is COc1cc(C(C)NC(=O)CCNS(=O)(=O)c2ccccc2Cl)ccc1OC1CCCC1. The number of hydrogen-bond donors (Lipinski definition) is 2. The number of carbonyl (C=O) groups is 1. The molecule has 3 rings (SSSR count). The number of halogens is 1. The quantitative estimate of drug-likeness (QED) is 0.531. The summed E-state index contributed by atoms with van der Waals surface area (Å²) in [6, 6.07) is 11.5. The third kappa shape index (κ3) is 6.37. The number of sulfonamides is 1. The van der Waals surface area contributed by atoms with Gasteiger partial charge in [0, 0.05) is 13.0 Å². The van der Waals surface area contributed by atoms with Gasteiger partial charge in [-0.05, 0) is 62.4 Å². The molecule has 1 atom stereocenters. The van der Waals surface area contributed by atoms with E-state index in [1.54, 1.807) is 19.2 Å². The van der Waals surface area contributed by atoms with Crippen molar-refractivity contribution in [3.05, 3.63) is 53.1 Å². The Morgan fingerprint density at radius 2 is 1.88 bits per heavy atom. The number of hydrogen-bond acceptors (Lipinski definition) is 5. The van der Waals surface area contributed by atoms with Crippen molar-refractivity contribution in [3.63, 3.8) is 0 Å². The molecule has 7 nitrogen and oxygen atoms in total. The van der Waals surface area contributed by atoms with E-state index in [4.69, 9.17) is 21.1 Å². The maximum absolute atomic E-state index is 12.4. The molecule has 0 heterocycles. The first-order valence-electron chi connectivity index (χ1n) is 10.7. The van der Waals surface area contributed by atoms with Crippen LogP contribution in [0.1, 0.15) is 50.6 Å². The fraction of sp³-hybridized carbons (Fsp3) is 0.435. The first-order valence-corrected chi connectivity index (χ1v) is 12.5. The molecule has 2 aromatic rings. The smallest absolute Gasteiger partial charge is 0.242 e. The van der Waals surface area contributed by atoms with Crippen LogP contribution < -0.4 is 19.5 Å². The number of amides is 1. The van der Waals surface area contributed by atoms with Crippen LogP contribution >= 0.6 is 11.6 Å². The molecule has 0 radical (unpaired) electrons. The molecule has 1 aliphatic carbocycles. The molecule has 1 aliphatic rings. The van der Waals surface area contributed by atoms with Gasteiger partial charge in [-0.2, -0.15) is 0 Å². The molecule has 0 aromatic heterocycles. The maximum Gasteiger partial charge on any atom is 0.242 e. The van der Waals surface area contributed by atoms with Gasteiger partial charge in [-0.15, -0.1) is 0 Å². The summed E-state index contributed by atoms with van der Waals surface area (Å²) in [5.41, 5.74) is 0.866. The van der Waals surface area contributed by atoms with Crippen LogP contribution in [0.25, 0.3) is 0 Å². The number of carbonyl (C=O) groups excluding carboxylic acids is 1. The second-order valence-corrected chi connectivity index (χ2v) is 9.94. The Kier molecular flexibility index (Phi) is 8.39. The zero-order valence-electron chi connectivity index (χ0n) is 18.3. The van der Waals surface area contributed by atoms with E-state index < -0.39 is 10.0 Å². The van der Waals surface area contributed by atoms with Crippen LogP contribution in [0, 0.1) is 0 Å². The van der Waals surface area contributed by atoms with Gasteiger partial charge in [0.2, 0.25) is 15.9 Å². The highest BCUT2D eigenvalue weighted by atomic mass is 35.5. The van der Waals surface area contributed by atoms with Gasteiger partial charge in [-0.25, -0.2) is 13.1 Å². The van der Waals surface area contributed by atoms with E-state index in [9.17, 15) is 13.2 Å². The molecule has 9 heteroatoms. The van der Waals surface area contributed by atoms with Crippen LogP contribution in [0.15, 0.2) is 47.4 Å². The lowest BCUT2D eigenvalue weighted by molar-refractivity contribution is -0.121. The van der Waals surface area contributed by atoms with Crippen molar-refractivity contribution < 1.29 is 22.7 Å². The average Bonchev–Trinajstić information content (AvgIpc) is 3.27. The fourth-order valence-electron chi connectivity index (χ4n) is 3.67. The summed E-state index contributed by atoms with van der Waals surface area (Å²) in [7, 11) is -2.19. The Bertz CT molecular complexity index is 1040. The van der Waals surface area contributed by atoms with Crippen molar-refractivity contribution in [1.29, 1.82) is 0 Å². The molecular formula is C23H29ClN2O5S. The predicted octanol–water partition coefficient (Wildman–Crippen LogP) is 4.22. The third-order valence-electron chi connectivity index (χ3n) is 5.43. The van der Waals surface area contributed by atoms with Gasteiger partial charge in [0.05, 0.1) is 24.3 Å². The molecular weight excluding hydrogens is 452 g/mol. The predicted molar refractivity (Wildman–Crippen MR) is 124 cm³/mol. The summed E-state index contributed by atoms with van der Waals surface area (Å²) in [6.45, 7) is 1.82. The lowest BCUT2D eigenvalue weighted by Crippen LogP contribution is -2.32. The second-order valence-electron chi connectivity index (χ2n) is 7.80. The summed E-state index contributed by atoms with van der Waals surface area (Å²) >= 11 is 5.95. The molecule has 2 N–H and O–H groups in total. The van der Waals surface area contributed by atoms with Gasteiger partial charge in [0.1, 0.15) is 4.90 Å². The van der Waals surface area contributed by atoms with Crippen LogP contribution in [-0.4, -0.2) is 34.1 Å². The monoisotopic (exact) mass is 480 g/mol. The Hall–Kier alpha value is -2.29. The topological polar surface area (TPSA) is 93.7 Å². The van der Waals surface area contributed by atoms with Gasteiger partial charge >= 0.3 is 0 Å². The molecule has 2 aromatic carbocycles. The minimum atomic E-state index is -3.78. The molecule has 0 bridgehead atoms. The van der Waals surface area contributed by atoms with Gasteiger partial charge in [0.25, 0.3) is 0 Å². The Balaban J connectivity index is 1.53. The lowest BCUT2D eigenvalue weighted by atomic mass is 10.1. The molecule has 1 saturated carbocycles. The van der Waals surface area contributed by atoms with Crippen LogP contribution in [0.2, 0.25) is 5.02 Å². The third-order valence-corrected chi connectivity index (χ3v) is 7.39. The van der Waals surface area contributed by atoms with E-state index in [-0.39, 0.29) is 40.9 Å². The summed E-state index contributed by atoms with van der Waals surface area (Å²) in [6.07, 6.45) is 4.69. The Morgan fingerprint density at radius 3 is 2.56 bits per heavy atom. The lowest BCUT2D eigenvalue weighted by Gasteiger charge is -2.19. The summed E-state index contributed by atoms with van der Waals surface area (Å²) in [5, 5.41) is 3.01. The van der Waals surface area contributed by atoms with Crippen molar-refractivity contribution in [3.8, 4) is 11.5 Å². The number of ether oxygens (including phenoxy) is 2. The standard InChI is InChI=1S/C23H29ClN2O5S/c1-16(17-11-12-20(21(15-17)30-2)31-18-7-3-4-8-18)26-23(27)13-14-25-32(28,29)22-10-6-5-9-19(22)24/h5-6,9-12,15-16,18,25H,3-4,7-8,13-14H2,1-2H3,(H,26,27). The van der Waals surface area contributed by atoms with E-state index in [1.807, 2.05) is 25.1 Å². The zero-order chi connectivity index (χ0) is 23.1. The minimum Gasteiger partial charge on any atom is -0.493 e. The molecule has 0 aliphatic heterocycles.